The van der Waals surface area contributed by atoms with Gasteiger partial charge < -0.3 is 5.32 Å². The molecular weight excluding hydrogens is 328 g/mol. The van der Waals surface area contributed by atoms with Crippen LogP contribution in [0, 0.1) is 6.92 Å². The van der Waals surface area contributed by atoms with Crippen molar-refractivity contribution in [1.29, 1.82) is 0 Å². The SMILES string of the molecule is Cc1nc2n(n1)CC(Nc1ccc3nnc(-c4ccccc4)n3n1)CC2. The molecule has 4 aromatic rings. The normalized spacial score (nSPS) is 16.6. The first-order chi connectivity index (χ1) is 12.8. The maximum atomic E-state index is 4.70. The van der Waals surface area contributed by atoms with Crippen LogP contribution in [0.2, 0.25) is 0 Å². The number of aryl methyl sites for hydroxylation is 2. The number of anilines is 1. The molecule has 1 unspecified atom stereocenters. The third-order valence-electron chi connectivity index (χ3n) is 4.61. The fourth-order valence-electron chi connectivity index (χ4n) is 3.39. The number of rotatable bonds is 3. The quantitative estimate of drug-likeness (QED) is 0.611. The van der Waals surface area contributed by atoms with Crippen LogP contribution in [0.5, 0.6) is 0 Å². The molecule has 26 heavy (non-hydrogen) atoms. The summed E-state index contributed by atoms with van der Waals surface area (Å²) in [6.07, 6.45) is 1.92. The number of aromatic nitrogens is 7. The molecule has 4 heterocycles. The molecule has 1 N–H and O–H groups in total. The van der Waals surface area contributed by atoms with E-state index in [0.717, 1.165) is 53.9 Å². The van der Waals surface area contributed by atoms with Gasteiger partial charge in [0.1, 0.15) is 17.5 Å². The Morgan fingerprint density at radius 3 is 2.81 bits per heavy atom. The van der Waals surface area contributed by atoms with E-state index in [1.54, 1.807) is 4.52 Å². The second-order valence-corrected chi connectivity index (χ2v) is 6.52. The molecule has 0 saturated heterocycles. The van der Waals surface area contributed by atoms with E-state index in [-0.39, 0.29) is 6.04 Å². The Labute approximate surface area is 149 Å². The van der Waals surface area contributed by atoms with Gasteiger partial charge in [-0.15, -0.1) is 15.3 Å². The number of fused-ring (bicyclic) bond motifs is 2. The Balaban J connectivity index is 1.43. The van der Waals surface area contributed by atoms with Crippen LogP contribution in [0.4, 0.5) is 5.82 Å². The van der Waals surface area contributed by atoms with Crippen LogP contribution in [0.3, 0.4) is 0 Å². The largest absolute Gasteiger partial charge is 0.364 e. The number of nitrogens with zero attached hydrogens (tertiary/aromatic N) is 7. The summed E-state index contributed by atoms with van der Waals surface area (Å²) in [5.74, 6) is 3.44. The van der Waals surface area contributed by atoms with Gasteiger partial charge in [-0.1, -0.05) is 30.3 Å². The molecular formula is C18H18N8. The summed E-state index contributed by atoms with van der Waals surface area (Å²) in [5.41, 5.74) is 1.72. The van der Waals surface area contributed by atoms with Crippen LogP contribution in [0.15, 0.2) is 42.5 Å². The van der Waals surface area contributed by atoms with Crippen molar-refractivity contribution in [2.75, 3.05) is 5.32 Å². The second-order valence-electron chi connectivity index (χ2n) is 6.52. The summed E-state index contributed by atoms with van der Waals surface area (Å²) < 4.78 is 3.77. The molecule has 0 saturated carbocycles. The van der Waals surface area contributed by atoms with E-state index >= 15 is 0 Å². The van der Waals surface area contributed by atoms with Crippen LogP contribution >= 0.6 is 0 Å². The van der Waals surface area contributed by atoms with Gasteiger partial charge in [-0.25, -0.2) is 9.67 Å². The molecule has 1 atom stereocenters. The summed E-state index contributed by atoms with van der Waals surface area (Å²) >= 11 is 0. The maximum Gasteiger partial charge on any atom is 0.185 e. The average Bonchev–Trinajstić information content (AvgIpc) is 3.24. The fourth-order valence-corrected chi connectivity index (χ4v) is 3.39. The second kappa shape index (κ2) is 5.91. The molecule has 0 spiro atoms. The van der Waals surface area contributed by atoms with Crippen molar-refractivity contribution in [3.8, 4) is 11.4 Å². The van der Waals surface area contributed by atoms with Gasteiger partial charge in [0.2, 0.25) is 0 Å². The lowest BCUT2D eigenvalue weighted by Gasteiger charge is -2.23. The van der Waals surface area contributed by atoms with Crippen molar-refractivity contribution in [2.45, 2.75) is 32.4 Å². The number of benzene rings is 1. The van der Waals surface area contributed by atoms with E-state index in [1.807, 2.05) is 54.1 Å². The first-order valence-electron chi connectivity index (χ1n) is 8.71. The molecule has 0 radical (unpaired) electrons. The monoisotopic (exact) mass is 346 g/mol. The predicted octanol–water partition coefficient (Wildman–Crippen LogP) is 2.12. The van der Waals surface area contributed by atoms with Gasteiger partial charge in [0.25, 0.3) is 0 Å². The van der Waals surface area contributed by atoms with E-state index in [0.29, 0.717) is 0 Å². The van der Waals surface area contributed by atoms with E-state index in [1.165, 1.54) is 0 Å². The zero-order chi connectivity index (χ0) is 17.5. The van der Waals surface area contributed by atoms with Gasteiger partial charge in [-0.05, 0) is 25.5 Å². The molecule has 0 aliphatic carbocycles. The van der Waals surface area contributed by atoms with Gasteiger partial charge >= 0.3 is 0 Å². The Kier molecular flexibility index (Phi) is 3.41. The van der Waals surface area contributed by atoms with E-state index in [9.17, 15) is 0 Å². The minimum absolute atomic E-state index is 0.269. The molecule has 1 aliphatic heterocycles. The highest BCUT2D eigenvalue weighted by atomic mass is 15.4. The first kappa shape index (κ1) is 15.0. The van der Waals surface area contributed by atoms with Crippen molar-refractivity contribution in [3.05, 3.63) is 54.1 Å². The summed E-state index contributed by atoms with van der Waals surface area (Å²) in [6.45, 7) is 2.73. The molecule has 3 aromatic heterocycles. The third kappa shape index (κ3) is 2.59. The number of nitrogens with one attached hydrogen (secondary N) is 1. The Hall–Kier alpha value is -3.29. The lowest BCUT2D eigenvalue weighted by molar-refractivity contribution is 0.439. The van der Waals surface area contributed by atoms with Crippen LogP contribution < -0.4 is 5.32 Å². The summed E-state index contributed by atoms with van der Waals surface area (Å²) in [7, 11) is 0. The van der Waals surface area contributed by atoms with Gasteiger partial charge in [0.05, 0.1) is 6.54 Å². The van der Waals surface area contributed by atoms with Crippen LogP contribution in [-0.4, -0.2) is 40.6 Å². The van der Waals surface area contributed by atoms with Crippen molar-refractivity contribution in [3.63, 3.8) is 0 Å². The van der Waals surface area contributed by atoms with Gasteiger partial charge in [0, 0.05) is 18.0 Å². The van der Waals surface area contributed by atoms with Crippen molar-refractivity contribution >= 4 is 11.5 Å². The van der Waals surface area contributed by atoms with Crippen molar-refractivity contribution in [1.82, 2.24) is 34.6 Å². The molecule has 0 amide bonds. The van der Waals surface area contributed by atoms with Gasteiger partial charge in [0.15, 0.2) is 11.5 Å². The van der Waals surface area contributed by atoms with E-state index in [2.05, 4.69) is 25.6 Å². The van der Waals surface area contributed by atoms with E-state index < -0.39 is 0 Å². The van der Waals surface area contributed by atoms with Gasteiger partial charge in [-0.3, -0.25) is 0 Å². The van der Waals surface area contributed by atoms with E-state index in [4.69, 9.17) is 5.10 Å². The Morgan fingerprint density at radius 1 is 1.04 bits per heavy atom. The Morgan fingerprint density at radius 2 is 1.92 bits per heavy atom. The first-order valence-corrected chi connectivity index (χ1v) is 8.71. The van der Waals surface area contributed by atoms with Crippen LogP contribution in [0.25, 0.3) is 17.0 Å². The predicted molar refractivity (Wildman–Crippen MR) is 96.7 cm³/mol. The average molecular weight is 346 g/mol. The number of hydrogen-bond acceptors (Lipinski definition) is 6. The lowest BCUT2D eigenvalue weighted by Crippen LogP contribution is -2.32. The van der Waals surface area contributed by atoms with Crippen LogP contribution in [0.1, 0.15) is 18.1 Å². The topological polar surface area (TPSA) is 85.8 Å². The molecule has 130 valence electrons. The Bertz CT molecular complexity index is 1070. The molecule has 8 nitrogen and oxygen atoms in total. The number of hydrogen-bond donors (Lipinski definition) is 1. The fraction of sp³-hybridized carbons (Fsp3) is 0.278. The molecule has 8 heteroatoms. The molecule has 1 aromatic carbocycles. The molecule has 0 bridgehead atoms. The maximum absolute atomic E-state index is 4.70. The third-order valence-corrected chi connectivity index (χ3v) is 4.61. The summed E-state index contributed by atoms with van der Waals surface area (Å²) in [6, 6.07) is 14.1. The van der Waals surface area contributed by atoms with Crippen LogP contribution in [-0.2, 0) is 13.0 Å². The van der Waals surface area contributed by atoms with Crippen molar-refractivity contribution in [2.24, 2.45) is 0 Å². The van der Waals surface area contributed by atoms with Gasteiger partial charge in [-0.2, -0.15) is 9.61 Å². The molecule has 0 fully saturated rings. The highest BCUT2D eigenvalue weighted by Gasteiger charge is 2.21. The minimum atomic E-state index is 0.269. The standard InChI is InChI=1S/C18H18N8/c1-12-19-16-9-7-14(11-25(16)23-12)20-15-8-10-17-21-22-18(26(17)24-15)13-5-3-2-4-6-13/h2-6,8,10,14H,7,9,11H2,1H3,(H,20,24). The highest BCUT2D eigenvalue weighted by Crippen LogP contribution is 2.20. The minimum Gasteiger partial charge on any atom is -0.364 e. The highest BCUT2D eigenvalue weighted by molar-refractivity contribution is 5.59. The zero-order valence-corrected chi connectivity index (χ0v) is 14.4. The smallest absolute Gasteiger partial charge is 0.185 e. The molecule has 1 aliphatic rings. The van der Waals surface area contributed by atoms with Crippen molar-refractivity contribution < 1.29 is 0 Å². The summed E-state index contributed by atoms with van der Waals surface area (Å²) in [4.78, 5) is 4.46. The zero-order valence-electron chi connectivity index (χ0n) is 14.4. The summed E-state index contributed by atoms with van der Waals surface area (Å²) in [5, 5.41) is 21.2. The molecule has 5 rings (SSSR count). The lowest BCUT2D eigenvalue weighted by atomic mass is 10.1.